The molecule has 2 amide bonds. The Balaban J connectivity index is 1.66. The molecule has 1 aliphatic carbocycles. The maximum atomic E-state index is 11.8. The van der Waals surface area contributed by atoms with E-state index in [2.05, 4.69) is 21.8 Å². The van der Waals surface area contributed by atoms with Crippen molar-refractivity contribution in [3.63, 3.8) is 0 Å². The Morgan fingerprint density at radius 1 is 1.35 bits per heavy atom. The number of aryl methyl sites for hydroxylation is 1. The summed E-state index contributed by atoms with van der Waals surface area (Å²) in [6.07, 6.45) is 6.65. The second-order valence-electron chi connectivity index (χ2n) is 5.96. The van der Waals surface area contributed by atoms with Crippen LogP contribution >= 0.6 is 0 Å². The summed E-state index contributed by atoms with van der Waals surface area (Å²) in [4.78, 5) is 18.4. The highest BCUT2D eigenvalue weighted by molar-refractivity contribution is 5.74. The van der Waals surface area contributed by atoms with Gasteiger partial charge in [-0.2, -0.15) is 0 Å². The average Bonchev–Trinajstić information content (AvgIpc) is 3.22. The summed E-state index contributed by atoms with van der Waals surface area (Å²) < 4.78 is 2.44. The van der Waals surface area contributed by atoms with Gasteiger partial charge < -0.3 is 14.8 Å². The zero-order chi connectivity index (χ0) is 14.1. The molecule has 1 aromatic rings. The lowest BCUT2D eigenvalue weighted by atomic mass is 10.0. The van der Waals surface area contributed by atoms with Gasteiger partial charge in [0.2, 0.25) is 0 Å². The number of nitrogens with one attached hydrogen (secondary N) is 1. The van der Waals surface area contributed by atoms with Crippen LogP contribution in [0.1, 0.15) is 56.1 Å². The van der Waals surface area contributed by atoms with Gasteiger partial charge in [0.05, 0.1) is 0 Å². The van der Waals surface area contributed by atoms with E-state index in [1.54, 1.807) is 0 Å². The average molecular weight is 276 g/mol. The van der Waals surface area contributed by atoms with Crippen LogP contribution in [0.5, 0.6) is 0 Å². The van der Waals surface area contributed by atoms with E-state index < -0.39 is 0 Å². The molecule has 5 heteroatoms. The molecule has 5 nitrogen and oxygen atoms in total. The van der Waals surface area contributed by atoms with Gasteiger partial charge in [-0.25, -0.2) is 9.78 Å². The Labute approximate surface area is 120 Å². The minimum atomic E-state index is 0.0794. The van der Waals surface area contributed by atoms with Crippen LogP contribution in [0.15, 0.2) is 6.20 Å². The normalized spacial score (nSPS) is 20.2. The molecule has 0 radical (unpaired) electrons. The van der Waals surface area contributed by atoms with Crippen molar-refractivity contribution in [3.05, 3.63) is 17.7 Å². The zero-order valence-electron chi connectivity index (χ0n) is 12.4. The fourth-order valence-electron chi connectivity index (χ4n) is 3.17. The number of carbonyl (C=O) groups is 1. The molecular formula is C15H24N4O. The SMILES string of the molecule is CCNC(=O)N1CCC(n2c(C)cnc2C2CC2)CC1. The first-order chi connectivity index (χ1) is 9.70. The highest BCUT2D eigenvalue weighted by atomic mass is 16.2. The highest BCUT2D eigenvalue weighted by Crippen LogP contribution is 2.41. The van der Waals surface area contributed by atoms with Crippen molar-refractivity contribution >= 4 is 6.03 Å². The number of carbonyl (C=O) groups excluding carboxylic acids is 1. The predicted octanol–water partition coefficient (Wildman–Crippen LogP) is 2.44. The largest absolute Gasteiger partial charge is 0.338 e. The lowest BCUT2D eigenvalue weighted by molar-refractivity contribution is 0.171. The Bertz CT molecular complexity index is 484. The minimum absolute atomic E-state index is 0.0794. The van der Waals surface area contributed by atoms with Gasteiger partial charge in [-0.1, -0.05) is 0 Å². The van der Waals surface area contributed by atoms with E-state index in [0.717, 1.165) is 25.9 Å². The lowest BCUT2D eigenvalue weighted by Crippen LogP contribution is -2.44. The predicted molar refractivity (Wildman–Crippen MR) is 77.9 cm³/mol. The fraction of sp³-hybridized carbons (Fsp3) is 0.733. The van der Waals surface area contributed by atoms with Gasteiger partial charge >= 0.3 is 6.03 Å². The summed E-state index contributed by atoms with van der Waals surface area (Å²) in [6, 6.07) is 0.592. The van der Waals surface area contributed by atoms with Crippen molar-refractivity contribution in [2.24, 2.45) is 0 Å². The van der Waals surface area contributed by atoms with Crippen LogP contribution in [0.25, 0.3) is 0 Å². The molecule has 0 bridgehead atoms. The first-order valence-electron chi connectivity index (χ1n) is 7.77. The number of rotatable bonds is 3. The van der Waals surface area contributed by atoms with E-state index in [1.807, 2.05) is 18.0 Å². The Hall–Kier alpha value is -1.52. The quantitative estimate of drug-likeness (QED) is 0.922. The Morgan fingerprint density at radius 3 is 2.65 bits per heavy atom. The number of imidazole rings is 1. The summed E-state index contributed by atoms with van der Waals surface area (Å²) in [5.41, 5.74) is 1.27. The fourth-order valence-corrected chi connectivity index (χ4v) is 3.17. The number of amides is 2. The zero-order valence-corrected chi connectivity index (χ0v) is 12.4. The molecule has 2 aliphatic rings. The monoisotopic (exact) mass is 276 g/mol. The van der Waals surface area contributed by atoms with Crippen LogP contribution < -0.4 is 5.32 Å². The molecule has 0 spiro atoms. The van der Waals surface area contributed by atoms with Crippen molar-refractivity contribution in [2.75, 3.05) is 19.6 Å². The third-order valence-corrected chi connectivity index (χ3v) is 4.40. The van der Waals surface area contributed by atoms with Gasteiger partial charge in [-0.15, -0.1) is 0 Å². The smallest absolute Gasteiger partial charge is 0.317 e. The van der Waals surface area contributed by atoms with Crippen LogP contribution in [0.2, 0.25) is 0 Å². The molecule has 3 rings (SSSR count). The Kier molecular flexibility index (Phi) is 3.68. The summed E-state index contributed by atoms with van der Waals surface area (Å²) in [5.74, 6) is 1.96. The number of hydrogen-bond acceptors (Lipinski definition) is 2. The van der Waals surface area contributed by atoms with Crippen molar-refractivity contribution in [1.82, 2.24) is 19.8 Å². The summed E-state index contributed by atoms with van der Waals surface area (Å²) in [7, 11) is 0. The number of likely N-dealkylation sites (tertiary alicyclic amines) is 1. The number of piperidine rings is 1. The van der Waals surface area contributed by atoms with Gasteiger partial charge in [0.1, 0.15) is 5.82 Å². The minimum Gasteiger partial charge on any atom is -0.338 e. The number of aromatic nitrogens is 2. The van der Waals surface area contributed by atoms with Gasteiger partial charge in [-0.05, 0) is 39.5 Å². The van der Waals surface area contributed by atoms with Crippen LogP contribution in [0.3, 0.4) is 0 Å². The van der Waals surface area contributed by atoms with E-state index >= 15 is 0 Å². The van der Waals surface area contributed by atoms with Crippen LogP contribution in [-0.2, 0) is 0 Å². The molecule has 2 heterocycles. The van der Waals surface area contributed by atoms with E-state index in [9.17, 15) is 4.79 Å². The molecule has 1 aliphatic heterocycles. The van der Waals surface area contributed by atoms with Crippen LogP contribution in [-0.4, -0.2) is 40.1 Å². The standard InChI is InChI=1S/C15H24N4O/c1-3-16-15(20)18-8-6-13(7-9-18)19-11(2)10-17-14(19)12-4-5-12/h10,12-13H,3-9H2,1-2H3,(H,16,20). The highest BCUT2D eigenvalue weighted by Gasteiger charge is 2.32. The lowest BCUT2D eigenvalue weighted by Gasteiger charge is -2.33. The second-order valence-corrected chi connectivity index (χ2v) is 5.96. The maximum absolute atomic E-state index is 11.8. The third kappa shape index (κ3) is 2.53. The van der Waals surface area contributed by atoms with Crippen molar-refractivity contribution in [3.8, 4) is 0 Å². The van der Waals surface area contributed by atoms with Crippen molar-refractivity contribution < 1.29 is 4.79 Å². The summed E-state index contributed by atoms with van der Waals surface area (Å²) in [6.45, 7) is 6.50. The second kappa shape index (κ2) is 5.46. The molecule has 0 aromatic carbocycles. The van der Waals surface area contributed by atoms with Crippen LogP contribution in [0, 0.1) is 6.92 Å². The van der Waals surface area contributed by atoms with Crippen LogP contribution in [0.4, 0.5) is 4.79 Å². The summed E-state index contributed by atoms with van der Waals surface area (Å²) >= 11 is 0. The Morgan fingerprint density at radius 2 is 2.05 bits per heavy atom. The summed E-state index contributed by atoms with van der Waals surface area (Å²) in [5, 5.41) is 2.88. The van der Waals surface area contributed by atoms with E-state index in [0.29, 0.717) is 18.5 Å². The first-order valence-corrected chi connectivity index (χ1v) is 7.77. The van der Waals surface area contributed by atoms with E-state index in [-0.39, 0.29) is 6.03 Å². The molecule has 1 saturated carbocycles. The van der Waals surface area contributed by atoms with Gasteiger partial charge in [0.15, 0.2) is 0 Å². The third-order valence-electron chi connectivity index (χ3n) is 4.40. The van der Waals surface area contributed by atoms with Crippen molar-refractivity contribution in [2.45, 2.75) is 51.5 Å². The van der Waals surface area contributed by atoms with Gasteiger partial charge in [0.25, 0.3) is 0 Å². The molecule has 20 heavy (non-hydrogen) atoms. The van der Waals surface area contributed by atoms with E-state index in [4.69, 9.17) is 0 Å². The molecule has 1 saturated heterocycles. The van der Waals surface area contributed by atoms with Crippen molar-refractivity contribution in [1.29, 1.82) is 0 Å². The van der Waals surface area contributed by atoms with Gasteiger partial charge in [0, 0.05) is 43.5 Å². The molecule has 1 N–H and O–H groups in total. The molecule has 2 fully saturated rings. The topological polar surface area (TPSA) is 50.2 Å². The number of urea groups is 1. The molecule has 0 unspecified atom stereocenters. The first kappa shape index (κ1) is 13.5. The molecular weight excluding hydrogens is 252 g/mol. The number of hydrogen-bond donors (Lipinski definition) is 1. The number of nitrogens with zero attached hydrogens (tertiary/aromatic N) is 3. The maximum Gasteiger partial charge on any atom is 0.317 e. The van der Waals surface area contributed by atoms with E-state index in [1.165, 1.54) is 24.4 Å². The van der Waals surface area contributed by atoms with Gasteiger partial charge in [-0.3, -0.25) is 0 Å². The molecule has 1 aromatic heterocycles. The molecule has 110 valence electrons. The molecule has 0 atom stereocenters.